The topological polar surface area (TPSA) is 49.4 Å². The molecule has 1 saturated carbocycles. The van der Waals surface area contributed by atoms with E-state index in [4.69, 9.17) is 0 Å². The molecule has 1 aliphatic rings. The number of hydrogen-bond donors (Lipinski definition) is 1. The summed E-state index contributed by atoms with van der Waals surface area (Å²) >= 11 is 0. The molecular weight excluding hydrogens is 288 g/mol. The molecule has 0 unspecified atom stereocenters. The van der Waals surface area contributed by atoms with Crippen LogP contribution in [0.15, 0.2) is 24.3 Å². The fourth-order valence-electron chi connectivity index (χ4n) is 3.27. The summed E-state index contributed by atoms with van der Waals surface area (Å²) in [6.45, 7) is 5.00. The van der Waals surface area contributed by atoms with Crippen LogP contribution in [0, 0.1) is 0 Å². The smallest absolute Gasteiger partial charge is 0.254 e. The Balaban J connectivity index is 2.01. The predicted octanol–water partition coefficient (Wildman–Crippen LogP) is 3.33. The van der Waals surface area contributed by atoms with Crippen molar-refractivity contribution >= 4 is 11.8 Å². The van der Waals surface area contributed by atoms with Crippen LogP contribution in [0.1, 0.15) is 67.8 Å². The Morgan fingerprint density at radius 3 is 2.30 bits per heavy atom. The maximum absolute atomic E-state index is 12.5. The third-order valence-corrected chi connectivity index (χ3v) is 4.61. The molecule has 1 N–H and O–H groups in total. The lowest BCUT2D eigenvalue weighted by atomic mass is 9.84. The lowest BCUT2D eigenvalue weighted by Gasteiger charge is -2.23. The van der Waals surface area contributed by atoms with Crippen molar-refractivity contribution in [3.05, 3.63) is 35.4 Å². The highest BCUT2D eigenvalue weighted by Gasteiger charge is 2.19. The predicted molar refractivity (Wildman–Crippen MR) is 92.5 cm³/mol. The van der Waals surface area contributed by atoms with Gasteiger partial charge in [0.2, 0.25) is 5.91 Å². The van der Waals surface area contributed by atoms with Crippen molar-refractivity contribution in [2.45, 2.75) is 51.9 Å². The summed E-state index contributed by atoms with van der Waals surface area (Å²) in [6.07, 6.45) is 6.47. The van der Waals surface area contributed by atoms with Gasteiger partial charge in [0.05, 0.1) is 6.54 Å². The van der Waals surface area contributed by atoms with Crippen LogP contribution in [0.4, 0.5) is 0 Å². The van der Waals surface area contributed by atoms with E-state index in [0.29, 0.717) is 24.6 Å². The molecule has 0 aliphatic heterocycles. The molecule has 0 bridgehead atoms. The quantitative estimate of drug-likeness (QED) is 0.875. The van der Waals surface area contributed by atoms with Crippen LogP contribution in [0.2, 0.25) is 0 Å². The minimum absolute atomic E-state index is 0.0750. The zero-order valence-corrected chi connectivity index (χ0v) is 14.3. The highest BCUT2D eigenvalue weighted by atomic mass is 16.2. The molecule has 0 heterocycles. The molecule has 1 aromatic carbocycles. The lowest BCUT2D eigenvalue weighted by Crippen LogP contribution is -2.40. The van der Waals surface area contributed by atoms with Crippen LogP contribution in [-0.2, 0) is 4.79 Å². The van der Waals surface area contributed by atoms with Gasteiger partial charge in [0.25, 0.3) is 5.91 Å². The Bertz CT molecular complexity index is 519. The zero-order valence-electron chi connectivity index (χ0n) is 14.3. The number of rotatable bonds is 6. The number of carbonyl (C=O) groups excluding carboxylic acids is 2. The summed E-state index contributed by atoms with van der Waals surface area (Å²) < 4.78 is 0. The van der Waals surface area contributed by atoms with Gasteiger partial charge in [-0.3, -0.25) is 9.59 Å². The summed E-state index contributed by atoms with van der Waals surface area (Å²) in [5.74, 6) is 0.459. The number of nitrogens with one attached hydrogen (secondary N) is 1. The number of likely N-dealkylation sites (N-methyl/N-ethyl adjacent to an activating group) is 2. The second-order valence-corrected chi connectivity index (χ2v) is 6.23. The van der Waals surface area contributed by atoms with E-state index in [2.05, 4.69) is 17.4 Å². The van der Waals surface area contributed by atoms with Crippen molar-refractivity contribution < 1.29 is 9.59 Å². The fraction of sp³-hybridized carbons (Fsp3) is 0.579. The van der Waals surface area contributed by atoms with Crippen molar-refractivity contribution in [3.63, 3.8) is 0 Å². The van der Waals surface area contributed by atoms with Crippen LogP contribution >= 0.6 is 0 Å². The second kappa shape index (κ2) is 8.70. The van der Waals surface area contributed by atoms with Crippen molar-refractivity contribution in [3.8, 4) is 0 Å². The molecule has 1 aromatic rings. The van der Waals surface area contributed by atoms with E-state index >= 15 is 0 Å². The summed E-state index contributed by atoms with van der Waals surface area (Å²) in [5, 5.41) is 2.74. The first kappa shape index (κ1) is 17.5. The standard InChI is InChI=1S/C19H28N2O2/c1-3-20-18(22)14-21(4-2)19(23)17-12-10-16(11-13-17)15-8-6-5-7-9-15/h10-13,15H,3-9,14H2,1-2H3,(H,20,22). The number of nitrogens with zero attached hydrogens (tertiary/aromatic N) is 1. The molecule has 1 fully saturated rings. The number of amides is 2. The maximum Gasteiger partial charge on any atom is 0.254 e. The highest BCUT2D eigenvalue weighted by Crippen LogP contribution is 2.32. The van der Waals surface area contributed by atoms with Gasteiger partial charge in [-0.25, -0.2) is 0 Å². The van der Waals surface area contributed by atoms with E-state index in [0.717, 1.165) is 0 Å². The van der Waals surface area contributed by atoms with Crippen molar-refractivity contribution in [1.82, 2.24) is 10.2 Å². The molecule has 2 rings (SSSR count). The molecule has 0 aromatic heterocycles. The average Bonchev–Trinajstić information content (AvgIpc) is 2.60. The van der Waals surface area contributed by atoms with Crippen LogP contribution < -0.4 is 5.32 Å². The van der Waals surface area contributed by atoms with Crippen LogP contribution in [0.5, 0.6) is 0 Å². The summed E-state index contributed by atoms with van der Waals surface area (Å²) in [5.41, 5.74) is 2.00. The minimum Gasteiger partial charge on any atom is -0.355 e. The summed E-state index contributed by atoms with van der Waals surface area (Å²) in [7, 11) is 0. The second-order valence-electron chi connectivity index (χ2n) is 6.23. The average molecular weight is 316 g/mol. The number of carbonyl (C=O) groups is 2. The van der Waals surface area contributed by atoms with Gasteiger partial charge in [-0.2, -0.15) is 0 Å². The normalized spacial score (nSPS) is 15.2. The van der Waals surface area contributed by atoms with E-state index in [-0.39, 0.29) is 18.4 Å². The van der Waals surface area contributed by atoms with E-state index in [9.17, 15) is 9.59 Å². The Kier molecular flexibility index (Phi) is 6.63. The number of benzene rings is 1. The monoisotopic (exact) mass is 316 g/mol. The van der Waals surface area contributed by atoms with Crippen molar-refractivity contribution in [2.75, 3.05) is 19.6 Å². The van der Waals surface area contributed by atoms with E-state index < -0.39 is 0 Å². The summed E-state index contributed by atoms with van der Waals surface area (Å²) in [6, 6.07) is 7.99. The highest BCUT2D eigenvalue weighted by molar-refractivity contribution is 5.96. The molecule has 0 spiro atoms. The van der Waals surface area contributed by atoms with Gasteiger partial charge in [0.15, 0.2) is 0 Å². The first-order valence-corrected chi connectivity index (χ1v) is 8.81. The fourth-order valence-corrected chi connectivity index (χ4v) is 3.27. The van der Waals surface area contributed by atoms with Crippen LogP contribution in [-0.4, -0.2) is 36.3 Å². The van der Waals surface area contributed by atoms with Crippen LogP contribution in [0.3, 0.4) is 0 Å². The first-order valence-electron chi connectivity index (χ1n) is 8.81. The van der Waals surface area contributed by atoms with E-state index in [1.165, 1.54) is 37.7 Å². The third-order valence-electron chi connectivity index (χ3n) is 4.61. The minimum atomic E-state index is -0.110. The molecule has 2 amide bonds. The molecule has 0 radical (unpaired) electrons. The number of hydrogen-bond acceptors (Lipinski definition) is 2. The first-order chi connectivity index (χ1) is 11.2. The Labute approximate surface area is 139 Å². The molecule has 0 atom stereocenters. The molecule has 23 heavy (non-hydrogen) atoms. The van der Waals surface area contributed by atoms with Gasteiger partial charge in [0.1, 0.15) is 0 Å². The van der Waals surface area contributed by atoms with Gasteiger partial charge >= 0.3 is 0 Å². The van der Waals surface area contributed by atoms with Gasteiger partial charge in [-0.1, -0.05) is 31.4 Å². The summed E-state index contributed by atoms with van der Waals surface area (Å²) in [4.78, 5) is 25.8. The largest absolute Gasteiger partial charge is 0.355 e. The van der Waals surface area contributed by atoms with E-state index in [1.54, 1.807) is 4.90 Å². The Morgan fingerprint density at radius 1 is 1.09 bits per heavy atom. The lowest BCUT2D eigenvalue weighted by molar-refractivity contribution is -0.121. The van der Waals surface area contributed by atoms with Gasteiger partial charge < -0.3 is 10.2 Å². The Hall–Kier alpha value is -1.84. The van der Waals surface area contributed by atoms with Crippen LogP contribution in [0.25, 0.3) is 0 Å². The SMILES string of the molecule is CCNC(=O)CN(CC)C(=O)c1ccc(C2CCCCC2)cc1. The molecule has 126 valence electrons. The van der Waals surface area contributed by atoms with Gasteiger partial charge in [0, 0.05) is 18.7 Å². The van der Waals surface area contributed by atoms with Gasteiger partial charge in [-0.15, -0.1) is 0 Å². The molecular formula is C19H28N2O2. The molecule has 4 nitrogen and oxygen atoms in total. The maximum atomic E-state index is 12.5. The third kappa shape index (κ3) is 4.81. The van der Waals surface area contributed by atoms with E-state index in [1.807, 2.05) is 26.0 Å². The molecule has 0 saturated heterocycles. The van der Waals surface area contributed by atoms with Crippen molar-refractivity contribution in [2.24, 2.45) is 0 Å². The molecule has 1 aliphatic carbocycles. The Morgan fingerprint density at radius 2 is 1.74 bits per heavy atom. The zero-order chi connectivity index (χ0) is 16.7. The van der Waals surface area contributed by atoms with Crippen molar-refractivity contribution in [1.29, 1.82) is 0 Å². The molecule has 4 heteroatoms. The van der Waals surface area contributed by atoms with Gasteiger partial charge in [-0.05, 0) is 50.3 Å².